The first-order valence-corrected chi connectivity index (χ1v) is 8.77. The van der Waals surface area contributed by atoms with Gasteiger partial charge in [0.1, 0.15) is 0 Å². The number of carbonyl (C=O) groups excluding carboxylic acids is 1. The number of carbonyl (C=O) groups is 1. The Balaban J connectivity index is 1.64. The minimum atomic E-state index is -0.0581. The van der Waals surface area contributed by atoms with E-state index < -0.39 is 0 Å². The molecule has 4 rings (SSSR count). The van der Waals surface area contributed by atoms with E-state index in [0.29, 0.717) is 24.4 Å². The van der Waals surface area contributed by atoms with E-state index in [0.717, 1.165) is 15.4 Å². The van der Waals surface area contributed by atoms with Crippen LogP contribution in [-0.4, -0.2) is 31.9 Å². The van der Waals surface area contributed by atoms with Crippen molar-refractivity contribution in [3.8, 4) is 0 Å². The SMILES string of the molecule is O=C(c1cc2ncc(Br)cn2n1)N1CCc2c(Br)cccc2C1. The second-order valence-electron chi connectivity index (χ2n) is 5.46. The molecule has 3 heterocycles. The number of hydrogen-bond donors (Lipinski definition) is 0. The number of nitrogens with zero attached hydrogens (tertiary/aromatic N) is 4. The summed E-state index contributed by atoms with van der Waals surface area (Å²) in [5, 5.41) is 4.35. The highest BCUT2D eigenvalue weighted by molar-refractivity contribution is 9.10. The number of rotatable bonds is 1. The van der Waals surface area contributed by atoms with Gasteiger partial charge in [-0.05, 0) is 39.5 Å². The van der Waals surface area contributed by atoms with Gasteiger partial charge in [-0.3, -0.25) is 4.79 Å². The van der Waals surface area contributed by atoms with Crippen molar-refractivity contribution in [1.29, 1.82) is 0 Å². The Labute approximate surface area is 149 Å². The number of halogens is 2. The van der Waals surface area contributed by atoms with Crippen molar-refractivity contribution in [2.45, 2.75) is 13.0 Å². The molecule has 0 atom stereocenters. The van der Waals surface area contributed by atoms with Crippen molar-refractivity contribution in [3.63, 3.8) is 0 Å². The van der Waals surface area contributed by atoms with Crippen molar-refractivity contribution in [1.82, 2.24) is 19.5 Å². The molecule has 3 aromatic rings. The van der Waals surface area contributed by atoms with Gasteiger partial charge in [0.2, 0.25) is 0 Å². The van der Waals surface area contributed by atoms with E-state index >= 15 is 0 Å². The first kappa shape index (κ1) is 14.8. The highest BCUT2D eigenvalue weighted by Gasteiger charge is 2.24. The third-order valence-electron chi connectivity index (χ3n) is 4.00. The van der Waals surface area contributed by atoms with E-state index in [1.54, 1.807) is 23.0 Å². The highest BCUT2D eigenvalue weighted by Crippen LogP contribution is 2.27. The summed E-state index contributed by atoms with van der Waals surface area (Å²) >= 11 is 6.94. The zero-order valence-corrected chi connectivity index (χ0v) is 15.2. The van der Waals surface area contributed by atoms with Crippen molar-refractivity contribution >= 4 is 43.4 Å². The monoisotopic (exact) mass is 434 g/mol. The summed E-state index contributed by atoms with van der Waals surface area (Å²) in [6.45, 7) is 1.30. The summed E-state index contributed by atoms with van der Waals surface area (Å²) in [4.78, 5) is 18.8. The van der Waals surface area contributed by atoms with Crippen LogP contribution in [0.15, 0.2) is 45.6 Å². The normalized spacial score (nSPS) is 14.1. The summed E-state index contributed by atoms with van der Waals surface area (Å²) in [7, 11) is 0. The van der Waals surface area contributed by atoms with Crippen molar-refractivity contribution < 1.29 is 4.79 Å². The molecular weight excluding hydrogens is 424 g/mol. The Morgan fingerprint density at radius 3 is 3.00 bits per heavy atom. The molecule has 1 aromatic carbocycles. The molecule has 0 radical (unpaired) electrons. The van der Waals surface area contributed by atoms with Crippen LogP contribution in [0.25, 0.3) is 5.65 Å². The van der Waals surface area contributed by atoms with E-state index in [-0.39, 0.29) is 5.91 Å². The zero-order chi connectivity index (χ0) is 16.0. The molecule has 0 aliphatic carbocycles. The molecule has 0 unspecified atom stereocenters. The van der Waals surface area contributed by atoms with E-state index in [4.69, 9.17) is 0 Å². The second kappa shape index (κ2) is 5.72. The third kappa shape index (κ3) is 2.68. The summed E-state index contributed by atoms with van der Waals surface area (Å²) in [6.07, 6.45) is 4.33. The third-order valence-corrected chi connectivity index (χ3v) is 5.15. The summed E-state index contributed by atoms with van der Waals surface area (Å²) in [5.74, 6) is -0.0581. The molecule has 0 bridgehead atoms. The molecule has 0 saturated heterocycles. The Bertz CT molecular complexity index is 922. The fraction of sp³-hybridized carbons (Fsp3) is 0.188. The average molecular weight is 436 g/mol. The largest absolute Gasteiger partial charge is 0.333 e. The van der Waals surface area contributed by atoms with Gasteiger partial charge >= 0.3 is 0 Å². The van der Waals surface area contributed by atoms with E-state index in [1.165, 1.54) is 11.1 Å². The molecule has 5 nitrogen and oxygen atoms in total. The first-order chi connectivity index (χ1) is 11.1. The number of benzene rings is 1. The zero-order valence-electron chi connectivity index (χ0n) is 12.0. The minimum Gasteiger partial charge on any atom is -0.333 e. The minimum absolute atomic E-state index is 0.0581. The predicted molar refractivity (Wildman–Crippen MR) is 93.3 cm³/mol. The average Bonchev–Trinajstić information content (AvgIpc) is 2.97. The molecule has 116 valence electrons. The van der Waals surface area contributed by atoms with E-state index in [9.17, 15) is 4.79 Å². The van der Waals surface area contributed by atoms with Gasteiger partial charge in [0.05, 0.1) is 4.47 Å². The van der Waals surface area contributed by atoms with Crippen LogP contribution in [0.3, 0.4) is 0 Å². The molecule has 2 aromatic heterocycles. The maximum Gasteiger partial charge on any atom is 0.274 e. The van der Waals surface area contributed by atoms with Crippen LogP contribution in [0.4, 0.5) is 0 Å². The number of fused-ring (bicyclic) bond motifs is 2. The van der Waals surface area contributed by atoms with Crippen LogP contribution in [0.5, 0.6) is 0 Å². The van der Waals surface area contributed by atoms with Crippen LogP contribution in [0.1, 0.15) is 21.6 Å². The molecule has 0 fully saturated rings. The maximum atomic E-state index is 12.7. The Kier molecular flexibility index (Phi) is 3.69. The summed E-state index contributed by atoms with van der Waals surface area (Å²) in [5.41, 5.74) is 3.56. The Hall–Kier alpha value is -1.73. The van der Waals surface area contributed by atoms with Crippen LogP contribution in [0.2, 0.25) is 0 Å². The van der Waals surface area contributed by atoms with Crippen LogP contribution in [-0.2, 0) is 13.0 Å². The van der Waals surface area contributed by atoms with Crippen molar-refractivity contribution in [2.75, 3.05) is 6.54 Å². The molecular formula is C16H12Br2N4O. The van der Waals surface area contributed by atoms with Gasteiger partial charge in [0.15, 0.2) is 11.3 Å². The number of hydrogen-bond acceptors (Lipinski definition) is 3. The van der Waals surface area contributed by atoms with Crippen LogP contribution in [0, 0.1) is 0 Å². The van der Waals surface area contributed by atoms with Gasteiger partial charge < -0.3 is 4.90 Å². The Morgan fingerprint density at radius 2 is 2.13 bits per heavy atom. The van der Waals surface area contributed by atoms with Gasteiger partial charge in [0, 0.05) is 36.0 Å². The van der Waals surface area contributed by atoms with E-state index in [1.807, 2.05) is 17.0 Å². The lowest BCUT2D eigenvalue weighted by Crippen LogP contribution is -2.36. The lowest BCUT2D eigenvalue weighted by molar-refractivity contribution is 0.0728. The van der Waals surface area contributed by atoms with Crippen LogP contribution >= 0.6 is 31.9 Å². The molecule has 23 heavy (non-hydrogen) atoms. The number of amides is 1. The fourth-order valence-corrected chi connectivity index (χ4v) is 3.76. The predicted octanol–water partition coefficient (Wildman–Crippen LogP) is 3.45. The van der Waals surface area contributed by atoms with Gasteiger partial charge in [0.25, 0.3) is 5.91 Å². The molecule has 7 heteroatoms. The van der Waals surface area contributed by atoms with Crippen molar-refractivity contribution in [3.05, 3.63) is 62.4 Å². The first-order valence-electron chi connectivity index (χ1n) is 7.18. The quantitative estimate of drug-likeness (QED) is 0.588. The molecule has 0 saturated carbocycles. The second-order valence-corrected chi connectivity index (χ2v) is 7.23. The lowest BCUT2D eigenvalue weighted by atomic mass is 10.00. The standard InChI is InChI=1S/C16H12Br2N4O/c17-11-7-19-15-6-14(20-22(15)9-11)16(23)21-5-4-12-10(8-21)2-1-3-13(12)18/h1-3,6-7,9H,4-5,8H2. The molecule has 1 aliphatic rings. The number of aromatic nitrogens is 3. The van der Waals surface area contributed by atoms with Gasteiger partial charge in [-0.25, -0.2) is 9.50 Å². The smallest absolute Gasteiger partial charge is 0.274 e. The molecule has 0 spiro atoms. The van der Waals surface area contributed by atoms with Crippen LogP contribution < -0.4 is 0 Å². The topological polar surface area (TPSA) is 50.5 Å². The lowest BCUT2D eigenvalue weighted by Gasteiger charge is -2.28. The van der Waals surface area contributed by atoms with Gasteiger partial charge in [-0.1, -0.05) is 28.1 Å². The van der Waals surface area contributed by atoms with E-state index in [2.05, 4.69) is 48.0 Å². The van der Waals surface area contributed by atoms with Gasteiger partial charge in [-0.2, -0.15) is 5.10 Å². The summed E-state index contributed by atoms with van der Waals surface area (Å²) < 4.78 is 3.55. The van der Waals surface area contributed by atoms with Gasteiger partial charge in [-0.15, -0.1) is 0 Å². The maximum absolute atomic E-state index is 12.7. The molecule has 0 N–H and O–H groups in total. The summed E-state index contributed by atoms with van der Waals surface area (Å²) in [6, 6.07) is 7.85. The molecule has 1 amide bonds. The Morgan fingerprint density at radius 1 is 1.26 bits per heavy atom. The van der Waals surface area contributed by atoms with Crippen molar-refractivity contribution in [2.24, 2.45) is 0 Å². The highest BCUT2D eigenvalue weighted by atomic mass is 79.9. The fourth-order valence-electron chi connectivity index (χ4n) is 2.86. The molecule has 1 aliphatic heterocycles.